The molecule has 3 rings (SSSR count). The molecule has 2 N–H and O–H groups in total. The van der Waals surface area contributed by atoms with Crippen molar-refractivity contribution < 1.29 is 0 Å². The minimum absolute atomic E-state index is 0.422. The zero-order valence-electron chi connectivity index (χ0n) is 7.38. The first kappa shape index (κ1) is 7.32. The number of hydrogen-bond donors (Lipinski definition) is 1. The number of aromatic nitrogens is 3. The molecule has 0 unspecified atom stereocenters. The Bertz CT molecular complexity index is 612. The van der Waals surface area contributed by atoms with Gasteiger partial charge in [0.15, 0.2) is 5.65 Å². The second kappa shape index (κ2) is 2.45. The van der Waals surface area contributed by atoms with Crippen molar-refractivity contribution in [2.45, 2.75) is 0 Å². The number of anilines is 1. The number of benzene rings is 1. The van der Waals surface area contributed by atoms with Crippen LogP contribution in [0.25, 0.3) is 16.4 Å². The largest absolute Gasteiger partial charge is 0.368 e. The van der Waals surface area contributed by atoms with Crippen LogP contribution in [0, 0.1) is 0 Å². The van der Waals surface area contributed by atoms with E-state index in [0.29, 0.717) is 5.95 Å². The van der Waals surface area contributed by atoms with Gasteiger partial charge in [-0.3, -0.25) is 4.40 Å². The van der Waals surface area contributed by atoms with Gasteiger partial charge in [-0.05, 0) is 11.5 Å². The molecule has 68 valence electrons. The highest BCUT2D eigenvalue weighted by Crippen LogP contribution is 2.18. The van der Waals surface area contributed by atoms with E-state index in [1.807, 2.05) is 36.5 Å². The predicted molar refractivity (Wildman–Crippen MR) is 54.9 cm³/mol. The first-order chi connectivity index (χ1) is 6.86. The summed E-state index contributed by atoms with van der Waals surface area (Å²) in [4.78, 5) is 0. The van der Waals surface area contributed by atoms with Gasteiger partial charge < -0.3 is 5.73 Å². The zero-order chi connectivity index (χ0) is 9.54. The fraction of sp³-hybridized carbons (Fsp3) is 0. The van der Waals surface area contributed by atoms with Crippen molar-refractivity contribution in [1.82, 2.24) is 14.6 Å². The molecule has 0 fully saturated rings. The van der Waals surface area contributed by atoms with Gasteiger partial charge in [0.2, 0.25) is 5.95 Å². The molecule has 14 heavy (non-hydrogen) atoms. The lowest BCUT2D eigenvalue weighted by molar-refractivity contribution is 1.12. The van der Waals surface area contributed by atoms with Crippen LogP contribution in [0.1, 0.15) is 0 Å². The third-order valence-electron chi connectivity index (χ3n) is 2.33. The molecule has 0 spiro atoms. The normalized spacial score (nSPS) is 11.1. The SMILES string of the molecule is Nc1nnc2c3ccccc3ccn12. The third-order valence-corrected chi connectivity index (χ3v) is 2.33. The Morgan fingerprint density at radius 1 is 1.07 bits per heavy atom. The molecule has 0 saturated carbocycles. The minimum atomic E-state index is 0.422. The molecule has 4 nitrogen and oxygen atoms in total. The van der Waals surface area contributed by atoms with E-state index in [0.717, 1.165) is 16.4 Å². The van der Waals surface area contributed by atoms with Gasteiger partial charge in [-0.15, -0.1) is 10.2 Å². The first-order valence-corrected chi connectivity index (χ1v) is 4.34. The molecule has 0 radical (unpaired) electrons. The van der Waals surface area contributed by atoms with E-state index in [1.165, 1.54) is 0 Å². The van der Waals surface area contributed by atoms with Crippen LogP contribution in [0.5, 0.6) is 0 Å². The van der Waals surface area contributed by atoms with Crippen molar-refractivity contribution in [2.75, 3.05) is 5.73 Å². The van der Waals surface area contributed by atoms with Crippen molar-refractivity contribution in [1.29, 1.82) is 0 Å². The number of pyridine rings is 1. The molecule has 3 aromatic rings. The van der Waals surface area contributed by atoms with Gasteiger partial charge in [-0.1, -0.05) is 24.3 Å². The molecule has 2 aromatic heterocycles. The van der Waals surface area contributed by atoms with Crippen LogP contribution >= 0.6 is 0 Å². The Labute approximate surface area is 80.0 Å². The first-order valence-electron chi connectivity index (χ1n) is 4.34. The number of fused-ring (bicyclic) bond motifs is 3. The van der Waals surface area contributed by atoms with E-state index in [4.69, 9.17) is 5.73 Å². The highest BCUT2D eigenvalue weighted by atomic mass is 15.3. The average Bonchev–Trinajstić information content (AvgIpc) is 2.61. The fourth-order valence-corrected chi connectivity index (χ4v) is 1.63. The summed E-state index contributed by atoms with van der Waals surface area (Å²) in [5.74, 6) is 0.422. The van der Waals surface area contributed by atoms with Crippen molar-refractivity contribution in [3.05, 3.63) is 36.5 Å². The van der Waals surface area contributed by atoms with Crippen molar-refractivity contribution in [2.24, 2.45) is 0 Å². The Morgan fingerprint density at radius 3 is 2.86 bits per heavy atom. The number of nitrogens with two attached hydrogens (primary N) is 1. The summed E-state index contributed by atoms with van der Waals surface area (Å²) < 4.78 is 1.78. The minimum Gasteiger partial charge on any atom is -0.368 e. The predicted octanol–water partition coefficient (Wildman–Crippen LogP) is 1.46. The second-order valence-corrected chi connectivity index (χ2v) is 3.15. The number of nitrogens with zero attached hydrogens (tertiary/aromatic N) is 3. The molecule has 0 atom stereocenters. The summed E-state index contributed by atoms with van der Waals surface area (Å²) >= 11 is 0. The van der Waals surface area contributed by atoms with E-state index in [2.05, 4.69) is 10.2 Å². The molecule has 0 aliphatic heterocycles. The van der Waals surface area contributed by atoms with Crippen LogP contribution in [0.2, 0.25) is 0 Å². The third kappa shape index (κ3) is 0.821. The summed E-state index contributed by atoms with van der Waals surface area (Å²) in [6, 6.07) is 10.0. The second-order valence-electron chi connectivity index (χ2n) is 3.15. The molecule has 0 bridgehead atoms. The van der Waals surface area contributed by atoms with E-state index >= 15 is 0 Å². The van der Waals surface area contributed by atoms with E-state index in [-0.39, 0.29) is 0 Å². The summed E-state index contributed by atoms with van der Waals surface area (Å²) in [5.41, 5.74) is 6.46. The Morgan fingerprint density at radius 2 is 1.93 bits per heavy atom. The summed E-state index contributed by atoms with van der Waals surface area (Å²) in [6.45, 7) is 0. The molecule has 0 aliphatic rings. The lowest BCUT2D eigenvalue weighted by Crippen LogP contribution is -1.93. The molecule has 2 heterocycles. The van der Waals surface area contributed by atoms with Gasteiger partial charge in [0.25, 0.3) is 0 Å². The smallest absolute Gasteiger partial charge is 0.226 e. The van der Waals surface area contributed by atoms with Crippen LogP contribution in [-0.2, 0) is 0 Å². The summed E-state index contributed by atoms with van der Waals surface area (Å²) in [5, 5.41) is 10.1. The van der Waals surface area contributed by atoms with Crippen molar-refractivity contribution in [3.8, 4) is 0 Å². The Balaban J connectivity index is 2.61. The average molecular weight is 184 g/mol. The van der Waals surface area contributed by atoms with Crippen LogP contribution < -0.4 is 5.73 Å². The molecule has 0 saturated heterocycles. The molecule has 4 heteroatoms. The number of rotatable bonds is 0. The van der Waals surface area contributed by atoms with Crippen LogP contribution in [-0.4, -0.2) is 14.6 Å². The van der Waals surface area contributed by atoms with Gasteiger partial charge in [-0.2, -0.15) is 0 Å². The van der Waals surface area contributed by atoms with Gasteiger partial charge in [0.1, 0.15) is 0 Å². The Hall–Kier alpha value is -2.10. The maximum atomic E-state index is 5.66. The van der Waals surface area contributed by atoms with E-state index in [1.54, 1.807) is 4.40 Å². The van der Waals surface area contributed by atoms with Crippen molar-refractivity contribution in [3.63, 3.8) is 0 Å². The van der Waals surface area contributed by atoms with Gasteiger partial charge in [0.05, 0.1) is 0 Å². The molecular formula is C10H8N4. The molecule has 0 amide bonds. The summed E-state index contributed by atoms with van der Waals surface area (Å²) in [7, 11) is 0. The van der Waals surface area contributed by atoms with Gasteiger partial charge in [-0.25, -0.2) is 0 Å². The van der Waals surface area contributed by atoms with Crippen LogP contribution in [0.3, 0.4) is 0 Å². The molecular weight excluding hydrogens is 176 g/mol. The van der Waals surface area contributed by atoms with E-state index in [9.17, 15) is 0 Å². The van der Waals surface area contributed by atoms with Crippen LogP contribution in [0.4, 0.5) is 5.95 Å². The van der Waals surface area contributed by atoms with Crippen molar-refractivity contribution >= 4 is 22.4 Å². The van der Waals surface area contributed by atoms with E-state index < -0.39 is 0 Å². The Kier molecular flexibility index (Phi) is 1.28. The topological polar surface area (TPSA) is 56.2 Å². The van der Waals surface area contributed by atoms with Crippen LogP contribution in [0.15, 0.2) is 36.5 Å². The standard InChI is InChI=1S/C10H8N4/c11-10-13-12-9-8-4-2-1-3-7(8)5-6-14(9)10/h1-6H,(H2,11,13). The lowest BCUT2D eigenvalue weighted by atomic mass is 10.2. The van der Waals surface area contributed by atoms with Gasteiger partial charge in [0, 0.05) is 11.6 Å². The quantitative estimate of drug-likeness (QED) is 0.575. The maximum absolute atomic E-state index is 5.66. The highest BCUT2D eigenvalue weighted by Gasteiger charge is 2.04. The zero-order valence-corrected chi connectivity index (χ0v) is 7.38. The number of nitrogen functional groups attached to an aromatic ring is 1. The molecule has 0 aliphatic carbocycles. The summed E-state index contributed by atoms with van der Waals surface area (Å²) in [6.07, 6.45) is 1.88. The van der Waals surface area contributed by atoms with Gasteiger partial charge >= 0.3 is 0 Å². The maximum Gasteiger partial charge on any atom is 0.226 e. The monoisotopic (exact) mass is 184 g/mol. The molecule has 1 aromatic carbocycles. The fourth-order valence-electron chi connectivity index (χ4n) is 1.63. The lowest BCUT2D eigenvalue weighted by Gasteiger charge is -1.98. The highest BCUT2D eigenvalue weighted by molar-refractivity contribution is 5.93. The number of hydrogen-bond acceptors (Lipinski definition) is 3.